The summed E-state index contributed by atoms with van der Waals surface area (Å²) in [5.41, 5.74) is 0.291. The van der Waals surface area contributed by atoms with Crippen molar-refractivity contribution in [2.45, 2.75) is 64.9 Å². The molecule has 6 atom stereocenters. The lowest BCUT2D eigenvalue weighted by Gasteiger charge is -2.21. The van der Waals surface area contributed by atoms with Crippen LogP contribution in [-0.4, -0.2) is 111 Å². The van der Waals surface area contributed by atoms with E-state index in [0.717, 1.165) is 24.3 Å². The molecule has 6 heterocycles. The Labute approximate surface area is 497 Å². The molecular formula is C56H67ClN8O19P2. The molecule has 0 spiro atoms. The van der Waals surface area contributed by atoms with E-state index in [1.165, 1.54) is 34.4 Å². The molecule has 27 nitrogen and oxygen atoms in total. The fourth-order valence-electron chi connectivity index (χ4n) is 7.23. The standard InChI is InChI=1S/C24H26N3O9P.C15H15ClNO4P.C9H12N2O5.C4H6N2.C4H8O/c1-17-13-27(24(30)26-23(17)29)20-15-33-22(35-20)16-34-37(31,36-19-10-6-3-7-11-19)25-12-21(28)32-14-18-8-4-2-5-9-18;16-22(19,21-14-9-5-2-6-10-14)17-11-15(18)20-12-13-7-3-1-4-8-13;1-5-2-11(9(14)10-8(5)13)6-4-15-7(3-12)16-6;1-6-3-2-5-4-6;1-2-4-5-3-1/h2-11,13,20,22H,12,14-16H2,1H3,(H,25,31)(H,26,29,30);1-10H,11-12H2,(H,17,19);2,6-7,12H,3-4H2,1H3,(H,10,13,14);2-4H,1H3;1-4H2/t20-,22-,37?;;6-,7-;;/m1.1../s1. The monoisotopic (exact) mass is 1250 g/mol. The van der Waals surface area contributed by atoms with Crippen LogP contribution in [0.1, 0.15) is 47.6 Å². The summed E-state index contributed by atoms with van der Waals surface area (Å²) in [5.74, 6) is -0.629. The average Bonchev–Trinajstić information content (AvgIpc) is 3.63. The molecule has 3 aliphatic rings. The van der Waals surface area contributed by atoms with E-state index in [1.807, 2.05) is 78.5 Å². The number of nitrogens with zero attached hydrogens (tertiary/aromatic N) is 4. The molecule has 30 heteroatoms. The van der Waals surface area contributed by atoms with Gasteiger partial charge in [0.1, 0.15) is 44.4 Å². The van der Waals surface area contributed by atoms with Gasteiger partial charge in [-0.1, -0.05) is 97.1 Å². The minimum absolute atomic E-state index is 0.0114. The minimum atomic E-state index is -4.09. The summed E-state index contributed by atoms with van der Waals surface area (Å²) in [4.78, 5) is 78.3. The summed E-state index contributed by atoms with van der Waals surface area (Å²) >= 11 is 5.75. The van der Waals surface area contributed by atoms with Gasteiger partial charge in [-0.15, -0.1) is 0 Å². The normalized spacial score (nSPS) is 18.1. The lowest BCUT2D eigenvalue weighted by molar-refractivity contribution is -0.144. The molecule has 3 aromatic heterocycles. The van der Waals surface area contributed by atoms with Crippen molar-refractivity contribution in [2.24, 2.45) is 7.05 Å². The zero-order valence-corrected chi connectivity index (χ0v) is 49.6. The fraction of sp³-hybridized carbons (Fsp3) is 0.339. The predicted octanol–water partition coefficient (Wildman–Crippen LogP) is 5.92. The van der Waals surface area contributed by atoms with Gasteiger partial charge in [0.2, 0.25) is 0 Å². The first-order valence-electron chi connectivity index (χ1n) is 26.6. The molecule has 3 saturated heterocycles. The zero-order valence-electron chi connectivity index (χ0n) is 47.1. The maximum Gasteiger partial charge on any atom is 0.459 e. The highest BCUT2D eigenvalue weighted by atomic mass is 35.7. The number of carbonyl (C=O) groups excluding carboxylic acids is 2. The third-order valence-electron chi connectivity index (χ3n) is 11.6. The van der Waals surface area contributed by atoms with Crippen LogP contribution in [0.15, 0.2) is 172 Å². The van der Waals surface area contributed by atoms with E-state index in [9.17, 15) is 37.9 Å². The van der Waals surface area contributed by atoms with Crippen LogP contribution in [0.2, 0.25) is 0 Å². The number of aryl methyl sites for hydroxylation is 3. The van der Waals surface area contributed by atoms with Crippen molar-refractivity contribution < 1.29 is 70.6 Å². The molecule has 7 aromatic rings. The van der Waals surface area contributed by atoms with Crippen LogP contribution in [0.4, 0.5) is 0 Å². The number of imidazole rings is 1. The molecule has 462 valence electrons. The van der Waals surface area contributed by atoms with E-state index in [2.05, 4.69) is 25.1 Å². The average molecular weight is 1250 g/mol. The van der Waals surface area contributed by atoms with Gasteiger partial charge >= 0.3 is 37.9 Å². The van der Waals surface area contributed by atoms with Crippen LogP contribution in [0, 0.1) is 13.8 Å². The minimum Gasteiger partial charge on any atom is -0.460 e. The summed E-state index contributed by atoms with van der Waals surface area (Å²) in [7, 11) is -2.15. The number of benzene rings is 4. The van der Waals surface area contributed by atoms with E-state index in [4.69, 9.17) is 63.1 Å². The van der Waals surface area contributed by atoms with Gasteiger partial charge in [0.25, 0.3) is 11.1 Å². The highest BCUT2D eigenvalue weighted by Crippen LogP contribution is 2.48. The van der Waals surface area contributed by atoms with Crippen molar-refractivity contribution in [3.8, 4) is 11.5 Å². The van der Waals surface area contributed by atoms with Crippen LogP contribution in [0.3, 0.4) is 0 Å². The van der Waals surface area contributed by atoms with Crippen LogP contribution < -0.4 is 41.7 Å². The first-order chi connectivity index (χ1) is 41.4. The summed E-state index contributed by atoms with van der Waals surface area (Å²) in [6, 6.07) is 35.1. The van der Waals surface area contributed by atoms with Crippen LogP contribution in [0.5, 0.6) is 11.5 Å². The molecule has 3 fully saturated rings. The second-order valence-corrected chi connectivity index (χ2v) is 23.0. The largest absolute Gasteiger partial charge is 0.460 e. The Kier molecular flexibility index (Phi) is 27.6. The molecule has 0 saturated carbocycles. The quantitative estimate of drug-likeness (QED) is 0.0436. The summed E-state index contributed by atoms with van der Waals surface area (Å²) < 4.78 is 82.6. The van der Waals surface area contributed by atoms with E-state index in [1.54, 1.807) is 87.0 Å². The van der Waals surface area contributed by atoms with E-state index < -0.39 is 80.6 Å². The van der Waals surface area contributed by atoms with Crippen molar-refractivity contribution in [1.82, 2.24) is 38.8 Å². The molecule has 0 aliphatic carbocycles. The number of aromatic amines is 2. The molecule has 2 unspecified atom stereocenters. The topological polar surface area (TPSA) is 332 Å². The van der Waals surface area contributed by atoms with Crippen molar-refractivity contribution in [1.29, 1.82) is 0 Å². The van der Waals surface area contributed by atoms with Crippen molar-refractivity contribution in [3.05, 3.63) is 216 Å². The summed E-state index contributed by atoms with van der Waals surface area (Å²) in [5, 5.41) is 13.7. The number of halogens is 1. The number of carbonyl (C=O) groups is 2. The smallest absolute Gasteiger partial charge is 0.459 e. The Bertz CT molecular complexity index is 3500. The van der Waals surface area contributed by atoms with Gasteiger partial charge in [0, 0.05) is 67.4 Å². The Morgan fingerprint density at radius 2 is 1.13 bits per heavy atom. The first kappa shape index (κ1) is 67.5. The molecule has 5 N–H and O–H groups in total. The maximum atomic E-state index is 13.4. The van der Waals surface area contributed by atoms with Gasteiger partial charge < -0.3 is 51.9 Å². The number of hydrogen-bond donors (Lipinski definition) is 5. The van der Waals surface area contributed by atoms with Gasteiger partial charge in [-0.2, -0.15) is 0 Å². The molecule has 0 amide bonds. The number of para-hydroxylation sites is 2. The van der Waals surface area contributed by atoms with Crippen LogP contribution in [-0.2, 0) is 76.7 Å². The number of hydrogen-bond acceptors (Lipinski definition) is 20. The van der Waals surface area contributed by atoms with Crippen molar-refractivity contribution in [3.63, 3.8) is 0 Å². The molecular weight excluding hydrogens is 1190 g/mol. The second kappa shape index (κ2) is 35.1. The van der Waals surface area contributed by atoms with Crippen molar-refractivity contribution in [2.75, 3.05) is 52.7 Å². The third-order valence-corrected chi connectivity index (χ3v) is 14.7. The number of ether oxygens (including phenoxy) is 7. The first-order valence-corrected chi connectivity index (χ1v) is 30.7. The van der Waals surface area contributed by atoms with Gasteiger partial charge in [-0.25, -0.2) is 33.9 Å². The molecule has 86 heavy (non-hydrogen) atoms. The fourth-order valence-corrected chi connectivity index (χ4v) is 9.67. The van der Waals surface area contributed by atoms with E-state index in [-0.39, 0.29) is 51.9 Å². The van der Waals surface area contributed by atoms with Gasteiger partial charge in [0.05, 0.1) is 26.1 Å². The number of H-pyrrole nitrogens is 2. The number of rotatable bonds is 20. The van der Waals surface area contributed by atoms with Crippen LogP contribution in [0.25, 0.3) is 0 Å². The van der Waals surface area contributed by atoms with Gasteiger partial charge in [-0.3, -0.25) is 42.8 Å². The highest BCUT2D eigenvalue weighted by Gasteiger charge is 2.34. The van der Waals surface area contributed by atoms with Crippen molar-refractivity contribution >= 4 is 37.8 Å². The van der Waals surface area contributed by atoms with Crippen LogP contribution >= 0.6 is 25.9 Å². The van der Waals surface area contributed by atoms with E-state index >= 15 is 0 Å². The van der Waals surface area contributed by atoms with Gasteiger partial charge in [-0.05, 0) is 62.1 Å². The van der Waals surface area contributed by atoms with Gasteiger partial charge in [0.15, 0.2) is 25.0 Å². The molecule has 3 aliphatic heterocycles. The lowest BCUT2D eigenvalue weighted by Crippen LogP contribution is -2.34. The third kappa shape index (κ3) is 24.0. The number of aromatic nitrogens is 6. The lowest BCUT2D eigenvalue weighted by atomic mass is 10.2. The number of esters is 2. The Morgan fingerprint density at radius 1 is 0.674 bits per heavy atom. The Morgan fingerprint density at radius 3 is 1.55 bits per heavy atom. The highest BCUT2D eigenvalue weighted by molar-refractivity contribution is 7.84. The van der Waals surface area contributed by atoms with E-state index in [0.29, 0.717) is 16.9 Å². The number of aliphatic hydroxyl groups is 1. The predicted molar refractivity (Wildman–Crippen MR) is 312 cm³/mol. The summed E-state index contributed by atoms with van der Waals surface area (Å²) in [6.45, 7) is 0.493. The summed E-state index contributed by atoms with van der Waals surface area (Å²) in [6.07, 6.45) is 7.57. The number of aliphatic hydroxyl groups excluding tert-OH is 1. The SMILES string of the molecule is C1CCOC1.Cc1cn([C@H]2CO[C@@H](CO)O2)c(=O)[nH]c1=O.Cc1cn([C@H]2CO[C@@H](COP(=O)(NCC(=O)OCc3ccccc3)Oc3ccccc3)O2)c(=O)[nH]c1=O.Cn1ccnc1.O=C(CNP(=O)(Cl)Oc1ccccc1)OCc1ccccc1. The number of nitrogens with one attached hydrogen (secondary N) is 4. The zero-order chi connectivity index (χ0) is 61.7. The molecule has 4 aromatic carbocycles. The molecule has 0 bridgehead atoms. The Hall–Kier alpha value is -7.62. The molecule has 0 radical (unpaired) electrons. The Balaban J connectivity index is 0.000000202. The second-order valence-electron chi connectivity index (χ2n) is 18.4. The maximum absolute atomic E-state index is 13.4. The molecule has 10 rings (SSSR count).